The molecule has 0 N–H and O–H groups in total. The van der Waals surface area contributed by atoms with Gasteiger partial charge in [0.15, 0.2) is 0 Å². The molecule has 0 aliphatic carbocycles. The molecular weight excluding hydrogens is 254 g/mol. The van der Waals surface area contributed by atoms with Crippen LogP contribution in [-0.2, 0) is 4.79 Å². The van der Waals surface area contributed by atoms with Crippen molar-refractivity contribution in [2.75, 3.05) is 5.88 Å². The molecule has 72 valence electrons. The Morgan fingerprint density at radius 3 is 2.15 bits per heavy atom. The molecule has 5 heteroatoms. The first-order valence-corrected chi connectivity index (χ1v) is 4.85. The van der Waals surface area contributed by atoms with Gasteiger partial charge in [-0.1, -0.05) is 35.9 Å². The van der Waals surface area contributed by atoms with Crippen LogP contribution in [-0.4, -0.2) is 11.1 Å². The van der Waals surface area contributed by atoms with Crippen LogP contribution in [0.5, 0.6) is 0 Å². The third kappa shape index (κ3) is 4.19. The highest BCUT2D eigenvalue weighted by Crippen LogP contribution is 2.24. The molecule has 0 unspecified atom stereocenters. The second kappa shape index (κ2) is 6.50. The molecule has 0 rings (SSSR count). The molecule has 0 aliphatic heterocycles. The van der Waals surface area contributed by atoms with Crippen LogP contribution in [0.3, 0.4) is 0 Å². The molecule has 1 nitrogen and oxygen atoms in total. The van der Waals surface area contributed by atoms with Gasteiger partial charge in [-0.2, -0.15) is 0 Å². The summed E-state index contributed by atoms with van der Waals surface area (Å²) >= 11 is 22.0. The first-order chi connectivity index (χ1) is 6.04. The summed E-state index contributed by atoms with van der Waals surface area (Å²) in [6.45, 7) is 3.39. The van der Waals surface area contributed by atoms with Crippen molar-refractivity contribution in [2.24, 2.45) is 0 Å². The van der Waals surface area contributed by atoms with Crippen LogP contribution in [0.1, 0.15) is 0 Å². The second-order valence-electron chi connectivity index (χ2n) is 1.91. The third-order valence-corrected chi connectivity index (χ3v) is 2.14. The van der Waals surface area contributed by atoms with Crippen molar-refractivity contribution in [2.45, 2.75) is 0 Å². The highest BCUT2D eigenvalue weighted by molar-refractivity contribution is 6.70. The van der Waals surface area contributed by atoms with Gasteiger partial charge in [0.2, 0.25) is 0 Å². The SMILES string of the molecule is C=C/C(Cl)=C(C(=O)Cl)\C(Cl)=C/CCl. The number of allylic oxidation sites excluding steroid dienone is 5. The number of carbonyl (C=O) groups is 1. The molecule has 13 heavy (non-hydrogen) atoms. The lowest BCUT2D eigenvalue weighted by atomic mass is 10.2. The van der Waals surface area contributed by atoms with E-state index in [1.165, 1.54) is 12.2 Å². The number of alkyl halides is 1. The minimum atomic E-state index is -0.740. The fraction of sp³-hybridized carbons (Fsp3) is 0.125. The van der Waals surface area contributed by atoms with Crippen LogP contribution < -0.4 is 0 Å². The molecule has 0 bridgehead atoms. The Balaban J connectivity index is 5.16. The summed E-state index contributed by atoms with van der Waals surface area (Å²) in [5.74, 6) is 0.174. The van der Waals surface area contributed by atoms with E-state index >= 15 is 0 Å². The minimum Gasteiger partial charge on any atom is -0.275 e. The van der Waals surface area contributed by atoms with E-state index in [-0.39, 0.29) is 21.5 Å². The Kier molecular flexibility index (Phi) is 6.52. The Morgan fingerprint density at radius 1 is 1.31 bits per heavy atom. The lowest BCUT2D eigenvalue weighted by Crippen LogP contribution is -1.96. The third-order valence-electron chi connectivity index (χ3n) is 1.11. The molecule has 0 saturated carbocycles. The zero-order valence-electron chi connectivity index (χ0n) is 6.49. The summed E-state index contributed by atoms with van der Waals surface area (Å²) in [5.41, 5.74) is 0.0145. The van der Waals surface area contributed by atoms with Crippen LogP contribution in [0.2, 0.25) is 0 Å². The van der Waals surface area contributed by atoms with Crippen LogP contribution in [0.4, 0.5) is 0 Å². The van der Waals surface area contributed by atoms with Gasteiger partial charge in [-0.3, -0.25) is 4.79 Å². The van der Waals surface area contributed by atoms with Crippen molar-refractivity contribution in [3.63, 3.8) is 0 Å². The van der Waals surface area contributed by atoms with Crippen molar-refractivity contribution in [3.8, 4) is 0 Å². The molecule has 0 aromatic heterocycles. The van der Waals surface area contributed by atoms with Gasteiger partial charge in [-0.25, -0.2) is 0 Å². The van der Waals surface area contributed by atoms with Gasteiger partial charge >= 0.3 is 0 Å². The fourth-order valence-corrected chi connectivity index (χ4v) is 1.61. The van der Waals surface area contributed by atoms with Crippen LogP contribution in [0, 0.1) is 0 Å². The summed E-state index contributed by atoms with van der Waals surface area (Å²) in [6.07, 6.45) is 2.70. The minimum absolute atomic E-state index is 0.0145. The lowest BCUT2D eigenvalue weighted by Gasteiger charge is -2.00. The summed E-state index contributed by atoms with van der Waals surface area (Å²) in [5, 5.41) is -0.512. The largest absolute Gasteiger partial charge is 0.275 e. The average molecular weight is 260 g/mol. The Hall–Kier alpha value is 0.0500. The maximum atomic E-state index is 10.9. The first kappa shape index (κ1) is 13.1. The summed E-state index contributed by atoms with van der Waals surface area (Å²) < 4.78 is 0. The van der Waals surface area contributed by atoms with Crippen molar-refractivity contribution >= 4 is 51.6 Å². The zero-order chi connectivity index (χ0) is 10.4. The van der Waals surface area contributed by atoms with E-state index in [4.69, 9.17) is 46.4 Å². The summed E-state index contributed by atoms with van der Waals surface area (Å²) in [7, 11) is 0. The van der Waals surface area contributed by atoms with Gasteiger partial charge < -0.3 is 0 Å². The predicted octanol–water partition coefficient (Wildman–Crippen LogP) is 3.79. The van der Waals surface area contributed by atoms with Crippen molar-refractivity contribution in [1.29, 1.82) is 0 Å². The molecule has 0 aromatic rings. The van der Waals surface area contributed by atoms with Gasteiger partial charge in [0.1, 0.15) is 0 Å². The molecule has 0 spiro atoms. The number of carbonyl (C=O) groups excluding carboxylic acids is 1. The van der Waals surface area contributed by atoms with E-state index in [0.717, 1.165) is 0 Å². The molecule has 0 aliphatic rings. The first-order valence-electron chi connectivity index (χ1n) is 3.18. The van der Waals surface area contributed by atoms with E-state index in [2.05, 4.69) is 6.58 Å². The normalized spacial score (nSPS) is 13.7. The maximum absolute atomic E-state index is 10.9. The quantitative estimate of drug-likeness (QED) is 0.325. The van der Waals surface area contributed by atoms with E-state index in [1.54, 1.807) is 0 Å². The zero-order valence-corrected chi connectivity index (χ0v) is 9.51. The molecule has 0 aromatic carbocycles. The summed E-state index contributed by atoms with van der Waals surface area (Å²) in [6, 6.07) is 0. The van der Waals surface area contributed by atoms with Crippen LogP contribution in [0.25, 0.3) is 0 Å². The van der Waals surface area contributed by atoms with Crippen molar-refractivity contribution < 1.29 is 4.79 Å². The summed E-state index contributed by atoms with van der Waals surface area (Å²) in [4.78, 5) is 10.9. The van der Waals surface area contributed by atoms with Crippen LogP contribution >= 0.6 is 46.4 Å². The monoisotopic (exact) mass is 258 g/mol. The van der Waals surface area contributed by atoms with Gasteiger partial charge in [0, 0.05) is 5.88 Å². The Labute approximate surface area is 96.6 Å². The topological polar surface area (TPSA) is 17.1 Å². The molecular formula is C8H6Cl4O. The van der Waals surface area contributed by atoms with Gasteiger partial charge in [-0.15, -0.1) is 11.6 Å². The van der Waals surface area contributed by atoms with E-state index in [1.807, 2.05) is 0 Å². The van der Waals surface area contributed by atoms with E-state index in [0.29, 0.717) is 0 Å². The number of hydrogen-bond acceptors (Lipinski definition) is 1. The Morgan fingerprint density at radius 2 is 1.85 bits per heavy atom. The maximum Gasteiger partial charge on any atom is 0.255 e. The van der Waals surface area contributed by atoms with Gasteiger partial charge in [0.05, 0.1) is 15.6 Å². The molecule has 0 fully saturated rings. The lowest BCUT2D eigenvalue weighted by molar-refractivity contribution is -0.108. The highest BCUT2D eigenvalue weighted by atomic mass is 35.5. The highest BCUT2D eigenvalue weighted by Gasteiger charge is 2.13. The average Bonchev–Trinajstić information content (AvgIpc) is 2.04. The number of halogens is 4. The second-order valence-corrected chi connectivity index (χ2v) is 3.37. The standard InChI is InChI=1S/C8H6Cl4O/c1-2-5(10)7(8(12)13)6(11)3-4-9/h2-3H,1,4H2/b6-3+,7-5-. The van der Waals surface area contributed by atoms with Crippen molar-refractivity contribution in [1.82, 2.24) is 0 Å². The molecule has 0 saturated heterocycles. The number of rotatable bonds is 4. The molecule has 0 amide bonds. The number of hydrogen-bond donors (Lipinski definition) is 0. The molecule has 0 heterocycles. The molecule has 0 atom stereocenters. The van der Waals surface area contributed by atoms with Gasteiger partial charge in [-0.05, 0) is 17.7 Å². The van der Waals surface area contributed by atoms with E-state index < -0.39 is 5.24 Å². The fourth-order valence-electron chi connectivity index (χ4n) is 0.574. The molecule has 0 radical (unpaired) electrons. The Bertz CT molecular complexity index is 278. The van der Waals surface area contributed by atoms with E-state index in [9.17, 15) is 4.79 Å². The van der Waals surface area contributed by atoms with Gasteiger partial charge in [0.25, 0.3) is 5.24 Å². The smallest absolute Gasteiger partial charge is 0.255 e. The van der Waals surface area contributed by atoms with Crippen LogP contribution in [0.15, 0.2) is 34.4 Å². The van der Waals surface area contributed by atoms with Crippen molar-refractivity contribution in [3.05, 3.63) is 34.4 Å². The predicted molar refractivity (Wildman–Crippen MR) is 58.6 cm³/mol.